The number of fused-ring (bicyclic) bond motifs is 7. The standard InChI is InChI=1S/C53H41OS2.C6F17P.FH/c1-52(2)47-17-11-10-16-43(47)46-29-26-42(33-50(46)52)56(40-14-6-5-7-15-40)41-24-21-38(22-25-41)55-39-23-28-45-44-27-20-37(31-48(44)53(3,4)49(45)32-39)51(54)36-19-18-34-12-8-9-13-35(34)30-36;7-1(8,9)4(16,17)24(22,23,5(18,19)2(10,11)12)6(20,21)3(13,14)15;/h5-33H,1-4H3;;1H/q+1;;/p-1. The van der Waals surface area contributed by atoms with Crippen molar-refractivity contribution >= 4 is 46.4 Å². The van der Waals surface area contributed by atoms with Crippen molar-refractivity contribution in [2.45, 2.75) is 98.5 Å². The number of hydrogen-bond donors (Lipinski definition) is 0. The van der Waals surface area contributed by atoms with Crippen LogP contribution in [0.1, 0.15) is 65.9 Å². The zero-order valence-electron chi connectivity index (χ0n) is 42.2. The first-order valence-corrected chi connectivity index (χ1v) is 28.0. The van der Waals surface area contributed by atoms with Crippen LogP contribution in [0.4, 0.5) is 74.3 Å². The van der Waals surface area contributed by atoms with E-state index in [1.165, 1.54) is 69.0 Å². The van der Waals surface area contributed by atoms with Crippen LogP contribution in [-0.4, -0.2) is 41.3 Å². The normalized spacial score (nSPS) is 15.6. The Morgan fingerprint density at radius 3 is 1.36 bits per heavy atom. The number of rotatable bonds is 10. The molecule has 8 aromatic rings. The number of ketones is 1. The third kappa shape index (κ3) is 9.36. The predicted octanol–water partition coefficient (Wildman–Crippen LogP) is 17.7. The fraction of sp³-hybridized carbons (Fsp3) is 0.203. The van der Waals surface area contributed by atoms with Gasteiger partial charge in [0.25, 0.3) is 0 Å². The van der Waals surface area contributed by atoms with E-state index in [4.69, 9.17) is 0 Å². The average molecular weight is 1200 g/mol. The second-order valence-electron chi connectivity index (χ2n) is 20.1. The number of halogens is 18. The minimum atomic E-state index is -12.7. The van der Waals surface area contributed by atoms with Gasteiger partial charge >= 0.3 is 117 Å². The van der Waals surface area contributed by atoms with Crippen LogP contribution in [-0.2, 0) is 21.7 Å². The molecule has 22 heteroatoms. The summed E-state index contributed by atoms with van der Waals surface area (Å²) < 4.78 is 209. The molecule has 1 atom stereocenters. The molecule has 0 fully saturated rings. The van der Waals surface area contributed by atoms with E-state index in [2.05, 4.69) is 167 Å². The molecule has 0 N–H and O–H groups in total. The van der Waals surface area contributed by atoms with Crippen LogP contribution in [0.3, 0.4) is 0 Å². The van der Waals surface area contributed by atoms with Gasteiger partial charge < -0.3 is 4.70 Å². The Balaban J connectivity index is 0.000000294. The molecule has 0 bridgehead atoms. The van der Waals surface area contributed by atoms with Crippen molar-refractivity contribution in [2.24, 2.45) is 0 Å². The number of benzene rings is 8. The summed E-state index contributed by atoms with van der Waals surface area (Å²) in [7, 11) is -13.0. The molecule has 0 spiro atoms. The molecule has 81 heavy (non-hydrogen) atoms. The summed E-state index contributed by atoms with van der Waals surface area (Å²) in [6.07, 6.45) is -24.9. The number of carbonyl (C=O) groups excluding carboxylic acids is 1. The molecular formula is C59H41F18OPS2. The van der Waals surface area contributed by atoms with E-state index in [0.29, 0.717) is 0 Å². The Morgan fingerprint density at radius 2 is 0.790 bits per heavy atom. The Kier molecular flexibility index (Phi) is 15.1. The van der Waals surface area contributed by atoms with Crippen LogP contribution in [0.5, 0.6) is 0 Å². The number of alkyl halides is 15. The van der Waals surface area contributed by atoms with Gasteiger partial charge in [-0.1, -0.05) is 137 Å². The summed E-state index contributed by atoms with van der Waals surface area (Å²) in [5.74, 6) is 0.0608. The maximum absolute atomic E-state index is 13.8. The van der Waals surface area contributed by atoms with Crippen molar-refractivity contribution in [3.63, 3.8) is 0 Å². The van der Waals surface area contributed by atoms with E-state index < -0.39 is 42.7 Å². The first-order valence-electron chi connectivity index (χ1n) is 23.9. The molecule has 0 aliphatic heterocycles. The topological polar surface area (TPSA) is 17.1 Å². The van der Waals surface area contributed by atoms with E-state index in [-0.39, 0.29) is 32.2 Å². The summed E-state index contributed by atoms with van der Waals surface area (Å²) in [6.45, 7) is 9.29. The molecule has 0 aromatic heterocycles. The fourth-order valence-corrected chi connectivity index (χ4v) is 15.5. The summed E-state index contributed by atoms with van der Waals surface area (Å²) in [4.78, 5) is 20.2. The molecule has 1 unspecified atom stereocenters. The molecule has 1 nitrogen and oxygen atoms in total. The molecular weight excluding hydrogens is 1160 g/mol. The van der Waals surface area contributed by atoms with Crippen molar-refractivity contribution < 1.29 is 83.7 Å². The predicted molar refractivity (Wildman–Crippen MR) is 277 cm³/mol. The molecule has 2 aliphatic carbocycles. The van der Waals surface area contributed by atoms with Gasteiger partial charge in [-0.2, -0.15) is 0 Å². The SMILES string of the molecule is CC1(C)c2cc(Sc3ccc([S+](c4ccccc4)c4ccc5c(c4)C(C)(C)c4ccccc4-5)cc3)ccc2-c2ccc(C(=O)c3ccc4ccccc4c3)cc21.FC(F)(F)C(F)(F)P(F)(F)(C(F)(F)C(F)(F)F)C(F)(F)C(F)(F)F.[F-]. The second kappa shape index (κ2) is 20.2. The first kappa shape index (κ1) is 60.7. The maximum atomic E-state index is 13.8. The summed E-state index contributed by atoms with van der Waals surface area (Å²) in [5.41, 5.74) is -15.4. The van der Waals surface area contributed by atoms with E-state index >= 15 is 0 Å². The Hall–Kier alpha value is -6.44. The zero-order valence-corrected chi connectivity index (χ0v) is 44.7. The van der Waals surface area contributed by atoms with Gasteiger partial charge in [0, 0.05) is 31.7 Å². The smallest absolute Gasteiger partial charge is 1.00 e. The molecule has 10 rings (SSSR count). The van der Waals surface area contributed by atoms with Crippen LogP contribution >= 0.6 is 19.0 Å². The zero-order chi connectivity index (χ0) is 58.6. The van der Waals surface area contributed by atoms with E-state index in [1.807, 2.05) is 48.2 Å². The molecule has 8 aromatic carbocycles. The molecule has 2 aliphatic rings. The van der Waals surface area contributed by atoms with Gasteiger partial charge in [-0.15, -0.1) is 0 Å². The van der Waals surface area contributed by atoms with Crippen LogP contribution in [0.15, 0.2) is 200 Å². The summed E-state index contributed by atoms with van der Waals surface area (Å²) in [6, 6.07) is 63.6. The number of hydrogen-bond acceptors (Lipinski definition) is 2. The largest absolute Gasteiger partial charge is 1.00 e. The monoisotopic (exact) mass is 1200 g/mol. The Bertz CT molecular complexity index is 3650. The van der Waals surface area contributed by atoms with E-state index in [1.54, 1.807) is 0 Å². The van der Waals surface area contributed by atoms with Gasteiger partial charge in [0.05, 0.1) is 10.9 Å². The molecule has 0 saturated carbocycles. The summed E-state index contributed by atoms with van der Waals surface area (Å²) >= 11 is 1.81. The van der Waals surface area contributed by atoms with Crippen molar-refractivity contribution in [1.29, 1.82) is 0 Å². The van der Waals surface area contributed by atoms with Crippen molar-refractivity contribution in [3.8, 4) is 22.3 Å². The average Bonchev–Trinajstić information content (AvgIpc) is 3.10. The van der Waals surface area contributed by atoms with Gasteiger partial charge in [-0.3, -0.25) is 4.79 Å². The second-order valence-corrected chi connectivity index (χ2v) is 26.7. The third-order valence-electron chi connectivity index (χ3n) is 14.5. The van der Waals surface area contributed by atoms with Gasteiger partial charge in [0.15, 0.2) is 20.5 Å². The molecule has 426 valence electrons. The van der Waals surface area contributed by atoms with Crippen molar-refractivity contribution in [3.05, 3.63) is 209 Å². The maximum Gasteiger partial charge on any atom is -1.00 e. The van der Waals surface area contributed by atoms with Crippen LogP contribution in [0.2, 0.25) is 0 Å². The minimum Gasteiger partial charge on any atom is -1.00 e. The first-order chi connectivity index (χ1) is 37.0. The molecule has 0 heterocycles. The van der Waals surface area contributed by atoms with Gasteiger partial charge in [0.1, 0.15) is 0 Å². The summed E-state index contributed by atoms with van der Waals surface area (Å²) in [5, 5.41) is 2.22. The quantitative estimate of drug-likeness (QED) is 0.0588. The molecule has 0 saturated heterocycles. The van der Waals surface area contributed by atoms with Gasteiger partial charge in [-0.05, 0) is 134 Å². The molecule has 0 amide bonds. The van der Waals surface area contributed by atoms with E-state index in [0.717, 1.165) is 21.9 Å². The van der Waals surface area contributed by atoms with Crippen LogP contribution < -0.4 is 4.70 Å². The molecule has 0 radical (unpaired) electrons. The Morgan fingerprint density at radius 1 is 0.395 bits per heavy atom. The fourth-order valence-electron chi connectivity index (χ4n) is 10.2. The van der Waals surface area contributed by atoms with E-state index in [9.17, 15) is 79.0 Å². The van der Waals surface area contributed by atoms with Crippen molar-refractivity contribution in [1.82, 2.24) is 0 Å². The van der Waals surface area contributed by atoms with Crippen LogP contribution in [0, 0.1) is 0 Å². The minimum absolute atomic E-state index is 0. The van der Waals surface area contributed by atoms with Crippen LogP contribution in [0.25, 0.3) is 33.0 Å². The third-order valence-corrected chi connectivity index (χ3v) is 21.4. The number of carbonyl (C=O) groups is 1. The van der Waals surface area contributed by atoms with Crippen molar-refractivity contribution in [2.75, 3.05) is 0 Å². The van der Waals surface area contributed by atoms with Gasteiger partial charge in [0.2, 0.25) is 0 Å². The van der Waals surface area contributed by atoms with Gasteiger partial charge in [-0.25, -0.2) is 0 Å². The Labute approximate surface area is 458 Å².